The zero-order chi connectivity index (χ0) is 18.4. The van der Waals surface area contributed by atoms with Gasteiger partial charge in [-0.15, -0.1) is 0 Å². The molecule has 0 saturated heterocycles. The number of hydrogen-bond acceptors (Lipinski definition) is 4. The van der Waals surface area contributed by atoms with Gasteiger partial charge in [0.15, 0.2) is 5.16 Å². The number of amides is 1. The van der Waals surface area contributed by atoms with Gasteiger partial charge in [-0.1, -0.05) is 48.2 Å². The van der Waals surface area contributed by atoms with E-state index in [2.05, 4.69) is 17.2 Å². The fraction of sp³-hybridized carbons (Fsp3) is 0.200. The van der Waals surface area contributed by atoms with Crippen LogP contribution in [0.4, 0.5) is 5.69 Å². The van der Waals surface area contributed by atoms with Crippen LogP contribution in [-0.2, 0) is 11.3 Å². The van der Waals surface area contributed by atoms with Crippen molar-refractivity contribution < 1.29 is 9.53 Å². The number of hydrogen-bond donors (Lipinski definition) is 1. The molecule has 5 nitrogen and oxygen atoms in total. The minimum absolute atomic E-state index is 0.0971. The van der Waals surface area contributed by atoms with Crippen molar-refractivity contribution in [3.63, 3.8) is 0 Å². The van der Waals surface area contributed by atoms with Crippen molar-refractivity contribution >= 4 is 23.4 Å². The zero-order valence-corrected chi connectivity index (χ0v) is 15.6. The van der Waals surface area contributed by atoms with E-state index in [0.29, 0.717) is 11.4 Å². The third-order valence-corrected chi connectivity index (χ3v) is 5.19. The summed E-state index contributed by atoms with van der Waals surface area (Å²) in [5, 5.41) is 3.40. The molecule has 0 unspecified atom stereocenters. The first-order chi connectivity index (χ1) is 12.7. The lowest BCUT2D eigenvalue weighted by Gasteiger charge is -2.17. The average Bonchev–Trinajstić information content (AvgIpc) is 3.14. The zero-order valence-electron chi connectivity index (χ0n) is 14.8. The Morgan fingerprint density at radius 3 is 2.77 bits per heavy atom. The summed E-state index contributed by atoms with van der Waals surface area (Å²) in [6.07, 6.45) is 3.68. The summed E-state index contributed by atoms with van der Waals surface area (Å²) in [6, 6.07) is 17.1. The number of carbonyl (C=O) groups excluding carboxylic acids is 1. The van der Waals surface area contributed by atoms with Gasteiger partial charge in [0.05, 0.1) is 7.11 Å². The summed E-state index contributed by atoms with van der Waals surface area (Å²) in [6.45, 7) is 2.86. The van der Waals surface area contributed by atoms with Gasteiger partial charge < -0.3 is 14.6 Å². The number of aromatic nitrogens is 2. The predicted octanol–water partition coefficient (Wildman–Crippen LogP) is 4.38. The first-order valence-corrected chi connectivity index (χ1v) is 9.27. The van der Waals surface area contributed by atoms with Crippen LogP contribution in [-0.4, -0.2) is 22.6 Å². The van der Waals surface area contributed by atoms with Crippen LogP contribution in [0.5, 0.6) is 5.75 Å². The third-order valence-electron chi connectivity index (χ3n) is 3.92. The number of benzene rings is 2. The molecule has 1 aromatic heterocycles. The first-order valence-electron chi connectivity index (χ1n) is 8.39. The second kappa shape index (κ2) is 8.58. The maximum absolute atomic E-state index is 13.0. The highest BCUT2D eigenvalue weighted by Crippen LogP contribution is 2.35. The number of carbonyl (C=O) groups is 1. The molecule has 1 heterocycles. The molecule has 3 aromatic rings. The highest BCUT2D eigenvalue weighted by Gasteiger charge is 2.24. The SMILES string of the molecule is CCn1ccnc1S[C@@H](C(=O)Nc1cccc(OC)c1)c1ccccc1. The third kappa shape index (κ3) is 4.26. The van der Waals surface area contributed by atoms with Crippen molar-refractivity contribution in [3.05, 3.63) is 72.6 Å². The molecule has 3 rings (SSSR count). The number of thioether (sulfide) groups is 1. The fourth-order valence-corrected chi connectivity index (χ4v) is 3.69. The Hall–Kier alpha value is -2.73. The van der Waals surface area contributed by atoms with E-state index in [1.165, 1.54) is 11.8 Å². The van der Waals surface area contributed by atoms with Crippen LogP contribution in [0.1, 0.15) is 17.7 Å². The highest BCUT2D eigenvalue weighted by molar-refractivity contribution is 8.00. The van der Waals surface area contributed by atoms with Crippen molar-refractivity contribution in [2.45, 2.75) is 23.9 Å². The quantitative estimate of drug-likeness (QED) is 0.630. The second-order valence-electron chi connectivity index (χ2n) is 5.63. The number of nitrogens with zero attached hydrogens (tertiary/aromatic N) is 2. The van der Waals surface area contributed by atoms with Gasteiger partial charge in [0, 0.05) is 30.7 Å². The van der Waals surface area contributed by atoms with Gasteiger partial charge in [0.25, 0.3) is 0 Å². The van der Waals surface area contributed by atoms with E-state index < -0.39 is 5.25 Å². The fourth-order valence-electron chi connectivity index (χ4n) is 2.57. The first kappa shape index (κ1) is 18.1. The summed E-state index contributed by atoms with van der Waals surface area (Å²) < 4.78 is 7.25. The molecule has 6 heteroatoms. The molecular weight excluding hydrogens is 346 g/mol. The van der Waals surface area contributed by atoms with E-state index in [4.69, 9.17) is 4.74 Å². The molecule has 1 atom stereocenters. The van der Waals surface area contributed by atoms with Crippen molar-refractivity contribution in [2.24, 2.45) is 0 Å². The van der Waals surface area contributed by atoms with Gasteiger partial charge in [-0.3, -0.25) is 4.79 Å². The number of methoxy groups -OCH3 is 1. The maximum Gasteiger partial charge on any atom is 0.242 e. The van der Waals surface area contributed by atoms with Crippen molar-refractivity contribution in [3.8, 4) is 5.75 Å². The van der Waals surface area contributed by atoms with Crippen molar-refractivity contribution in [2.75, 3.05) is 12.4 Å². The normalized spacial score (nSPS) is 11.8. The van der Waals surface area contributed by atoms with Gasteiger partial charge in [-0.05, 0) is 24.6 Å². The van der Waals surface area contributed by atoms with Crippen LogP contribution in [0, 0.1) is 0 Å². The van der Waals surface area contributed by atoms with E-state index in [-0.39, 0.29) is 5.91 Å². The van der Waals surface area contributed by atoms with Crippen LogP contribution in [0.2, 0.25) is 0 Å². The number of nitrogens with one attached hydrogen (secondary N) is 1. The lowest BCUT2D eigenvalue weighted by Crippen LogP contribution is -2.19. The Morgan fingerprint density at radius 2 is 2.04 bits per heavy atom. The summed E-state index contributed by atoms with van der Waals surface area (Å²) in [5.41, 5.74) is 1.64. The number of anilines is 1. The summed E-state index contributed by atoms with van der Waals surface area (Å²) >= 11 is 1.45. The minimum atomic E-state index is -0.407. The van der Waals surface area contributed by atoms with Crippen molar-refractivity contribution in [1.29, 1.82) is 0 Å². The van der Waals surface area contributed by atoms with Gasteiger partial charge in [0.2, 0.25) is 5.91 Å². The monoisotopic (exact) mass is 367 g/mol. The van der Waals surface area contributed by atoms with Crippen LogP contribution < -0.4 is 10.1 Å². The Morgan fingerprint density at radius 1 is 1.23 bits per heavy atom. The second-order valence-corrected chi connectivity index (χ2v) is 6.70. The molecule has 1 N–H and O–H groups in total. The van der Waals surface area contributed by atoms with Crippen molar-refractivity contribution in [1.82, 2.24) is 9.55 Å². The lowest BCUT2D eigenvalue weighted by molar-refractivity contribution is -0.115. The molecule has 0 aliphatic rings. The Bertz CT molecular complexity index is 864. The molecular formula is C20H21N3O2S. The topological polar surface area (TPSA) is 56.2 Å². The van der Waals surface area contributed by atoms with Crippen LogP contribution in [0.25, 0.3) is 0 Å². The van der Waals surface area contributed by atoms with E-state index >= 15 is 0 Å². The lowest BCUT2D eigenvalue weighted by atomic mass is 10.1. The van der Waals surface area contributed by atoms with Gasteiger partial charge in [-0.25, -0.2) is 4.98 Å². The molecule has 26 heavy (non-hydrogen) atoms. The molecule has 0 aliphatic carbocycles. The van der Waals surface area contributed by atoms with Crippen LogP contribution in [0.3, 0.4) is 0 Å². The minimum Gasteiger partial charge on any atom is -0.497 e. The average molecular weight is 367 g/mol. The van der Waals surface area contributed by atoms with Gasteiger partial charge >= 0.3 is 0 Å². The summed E-state index contributed by atoms with van der Waals surface area (Å²) in [4.78, 5) is 17.4. The number of ether oxygens (including phenoxy) is 1. The molecule has 2 aromatic carbocycles. The summed E-state index contributed by atoms with van der Waals surface area (Å²) in [5.74, 6) is 0.605. The Kier molecular flexibility index (Phi) is 5.96. The van der Waals surface area contributed by atoms with E-state index in [0.717, 1.165) is 17.3 Å². The molecule has 0 saturated carbocycles. The van der Waals surface area contributed by atoms with E-state index in [1.54, 1.807) is 19.4 Å². The Balaban J connectivity index is 1.86. The van der Waals surface area contributed by atoms with Gasteiger partial charge in [0.1, 0.15) is 11.0 Å². The molecule has 0 aliphatic heterocycles. The molecule has 1 amide bonds. The number of rotatable bonds is 7. The molecule has 0 fully saturated rings. The van der Waals surface area contributed by atoms with Crippen LogP contribution >= 0.6 is 11.8 Å². The maximum atomic E-state index is 13.0. The Labute approximate surface area is 157 Å². The van der Waals surface area contributed by atoms with Gasteiger partial charge in [-0.2, -0.15) is 0 Å². The van der Waals surface area contributed by atoms with Crippen LogP contribution in [0.15, 0.2) is 72.1 Å². The molecule has 0 spiro atoms. The number of aryl methyl sites for hydroxylation is 1. The molecule has 134 valence electrons. The predicted molar refractivity (Wildman–Crippen MR) is 105 cm³/mol. The summed E-state index contributed by atoms with van der Waals surface area (Å²) in [7, 11) is 1.61. The highest BCUT2D eigenvalue weighted by atomic mass is 32.2. The van der Waals surface area contributed by atoms with E-state index in [9.17, 15) is 4.79 Å². The molecule has 0 bridgehead atoms. The van der Waals surface area contributed by atoms with E-state index in [1.807, 2.05) is 59.3 Å². The smallest absolute Gasteiger partial charge is 0.242 e. The largest absolute Gasteiger partial charge is 0.497 e. The molecule has 0 radical (unpaired) electrons. The standard InChI is InChI=1S/C20H21N3O2S/c1-3-23-13-12-21-20(23)26-18(15-8-5-4-6-9-15)19(24)22-16-10-7-11-17(14-16)25-2/h4-14,18H,3H2,1-2H3,(H,22,24)/t18-/m1/s1. The number of imidazole rings is 1.